The minimum atomic E-state index is -0.628. The molecule has 0 atom stereocenters. The molecular weight excluding hydrogens is 360 g/mol. The summed E-state index contributed by atoms with van der Waals surface area (Å²) >= 11 is 5.76. The van der Waals surface area contributed by atoms with Gasteiger partial charge in [0, 0.05) is 12.4 Å². The largest absolute Gasteiger partial charge is 0.461 e. The van der Waals surface area contributed by atoms with E-state index < -0.39 is 11.9 Å². The van der Waals surface area contributed by atoms with E-state index in [0.29, 0.717) is 11.4 Å². The number of rotatable bonds is 5. The Hall–Kier alpha value is -3.13. The number of furan rings is 1. The molecule has 0 aromatic carbocycles. The molecule has 9 heteroatoms. The van der Waals surface area contributed by atoms with Crippen molar-refractivity contribution in [2.45, 2.75) is 13.3 Å². The zero-order valence-corrected chi connectivity index (χ0v) is 14.5. The maximum absolute atomic E-state index is 12.4. The average Bonchev–Trinajstić information content (AvgIpc) is 2.98. The van der Waals surface area contributed by atoms with Crippen LogP contribution < -0.4 is 11.1 Å². The Morgan fingerprint density at radius 3 is 2.81 bits per heavy atom. The molecule has 0 aliphatic rings. The summed E-state index contributed by atoms with van der Waals surface area (Å²) in [7, 11) is 0. The number of fused-ring (bicyclic) bond motifs is 1. The Kier molecular flexibility index (Phi) is 5.04. The molecule has 3 N–H and O–H groups in total. The van der Waals surface area contributed by atoms with Crippen molar-refractivity contribution in [1.82, 2.24) is 9.97 Å². The van der Waals surface area contributed by atoms with Gasteiger partial charge in [-0.15, -0.1) is 0 Å². The van der Waals surface area contributed by atoms with Crippen molar-refractivity contribution >= 4 is 46.0 Å². The van der Waals surface area contributed by atoms with Gasteiger partial charge in [0.05, 0.1) is 22.7 Å². The quantitative estimate of drug-likeness (QED) is 0.657. The van der Waals surface area contributed by atoms with Crippen molar-refractivity contribution in [3.05, 3.63) is 47.1 Å². The predicted octanol–water partition coefficient (Wildman–Crippen LogP) is 3.28. The first-order valence-corrected chi connectivity index (χ1v) is 8.16. The summed E-state index contributed by atoms with van der Waals surface area (Å²) in [5.74, 6) is -1.10. The summed E-state index contributed by atoms with van der Waals surface area (Å²) in [6.07, 6.45) is 3.45. The van der Waals surface area contributed by atoms with Crippen molar-refractivity contribution in [1.29, 1.82) is 0 Å². The van der Waals surface area contributed by atoms with E-state index in [2.05, 4.69) is 15.3 Å². The fourth-order valence-corrected chi connectivity index (χ4v) is 2.39. The van der Waals surface area contributed by atoms with E-state index in [-0.39, 0.29) is 40.5 Å². The normalized spacial score (nSPS) is 10.7. The fourth-order valence-electron chi connectivity index (χ4n) is 2.28. The Balaban J connectivity index is 1.94. The highest BCUT2D eigenvalue weighted by molar-refractivity contribution is 6.30. The number of aromatic nitrogens is 2. The number of nitrogens with two attached hydrogens (primary N) is 1. The van der Waals surface area contributed by atoms with E-state index in [1.165, 1.54) is 24.5 Å². The van der Waals surface area contributed by atoms with Gasteiger partial charge >= 0.3 is 5.97 Å². The molecule has 3 aromatic heterocycles. The molecule has 26 heavy (non-hydrogen) atoms. The highest BCUT2D eigenvalue weighted by Crippen LogP contribution is 2.31. The van der Waals surface area contributed by atoms with Gasteiger partial charge in [-0.3, -0.25) is 4.79 Å². The van der Waals surface area contributed by atoms with Crippen molar-refractivity contribution in [2.75, 3.05) is 17.7 Å². The lowest BCUT2D eigenvalue weighted by Crippen LogP contribution is -2.14. The number of anilines is 2. The second-order valence-corrected chi connectivity index (χ2v) is 5.77. The number of amides is 1. The highest BCUT2D eigenvalue weighted by Gasteiger charge is 2.24. The number of nitrogens with zero attached hydrogens (tertiary/aromatic N) is 2. The number of nitrogen functional groups attached to an aromatic ring is 1. The summed E-state index contributed by atoms with van der Waals surface area (Å²) < 4.78 is 10.6. The summed E-state index contributed by atoms with van der Waals surface area (Å²) in [4.78, 5) is 32.6. The molecule has 0 fully saturated rings. The third kappa shape index (κ3) is 3.45. The van der Waals surface area contributed by atoms with Crippen molar-refractivity contribution in [3.63, 3.8) is 0 Å². The minimum absolute atomic E-state index is 0.000804. The molecule has 0 radical (unpaired) electrons. The summed E-state index contributed by atoms with van der Waals surface area (Å²) in [6.45, 7) is 2.13. The predicted molar refractivity (Wildman–Crippen MR) is 96.2 cm³/mol. The van der Waals surface area contributed by atoms with Crippen molar-refractivity contribution < 1.29 is 18.7 Å². The second-order valence-electron chi connectivity index (χ2n) is 5.33. The van der Waals surface area contributed by atoms with Gasteiger partial charge < -0.3 is 20.2 Å². The Morgan fingerprint density at radius 1 is 1.31 bits per heavy atom. The molecule has 0 spiro atoms. The average molecular weight is 375 g/mol. The number of hydrogen-bond donors (Lipinski definition) is 2. The van der Waals surface area contributed by atoms with Gasteiger partial charge in [-0.05, 0) is 24.6 Å². The number of carbonyl (C=O) groups is 2. The molecule has 0 aliphatic carbocycles. The van der Waals surface area contributed by atoms with Crippen LogP contribution in [-0.4, -0.2) is 28.5 Å². The molecule has 0 bridgehead atoms. The molecule has 3 aromatic rings. The molecular formula is C17H15ClN4O4. The monoisotopic (exact) mass is 374 g/mol. The number of esters is 1. The van der Waals surface area contributed by atoms with Crippen molar-refractivity contribution in [2.24, 2.45) is 0 Å². The van der Waals surface area contributed by atoms with Crippen LogP contribution in [0.15, 0.2) is 35.0 Å². The molecule has 0 unspecified atom stereocenters. The zero-order chi connectivity index (χ0) is 18.7. The van der Waals surface area contributed by atoms with Crippen LogP contribution in [0, 0.1) is 0 Å². The maximum atomic E-state index is 12.4. The highest BCUT2D eigenvalue weighted by atomic mass is 35.5. The van der Waals surface area contributed by atoms with E-state index in [1.807, 2.05) is 6.92 Å². The van der Waals surface area contributed by atoms with Crippen LogP contribution in [0.2, 0.25) is 5.02 Å². The first-order chi connectivity index (χ1) is 12.5. The third-order valence-corrected chi connectivity index (χ3v) is 3.67. The lowest BCUT2D eigenvalue weighted by atomic mass is 10.2. The number of nitrogens with one attached hydrogen (secondary N) is 1. The molecule has 3 heterocycles. The van der Waals surface area contributed by atoms with E-state index in [9.17, 15) is 9.59 Å². The molecule has 1 amide bonds. The SMILES string of the molecule is CCCOC(=O)c1nccc2oc(C(=O)Nc3ccc(Cl)cn3)c(N)c12. The third-order valence-electron chi connectivity index (χ3n) is 3.44. The summed E-state index contributed by atoms with van der Waals surface area (Å²) in [5.41, 5.74) is 6.30. The van der Waals surface area contributed by atoms with Gasteiger partial charge in [-0.1, -0.05) is 18.5 Å². The smallest absolute Gasteiger partial charge is 0.357 e. The lowest BCUT2D eigenvalue weighted by Gasteiger charge is -2.04. The standard InChI is InChI=1S/C17H15ClN4O4/c1-2-7-25-17(24)14-12-10(5-6-20-14)26-15(13(12)19)16(23)22-11-4-3-9(18)8-21-11/h3-6,8H,2,7,19H2,1H3,(H,21,22,23). The second kappa shape index (κ2) is 7.40. The van der Waals surface area contributed by atoms with Crippen LogP contribution in [0.4, 0.5) is 11.5 Å². The van der Waals surface area contributed by atoms with Gasteiger partial charge in [0.2, 0.25) is 5.76 Å². The van der Waals surface area contributed by atoms with E-state index >= 15 is 0 Å². The van der Waals surface area contributed by atoms with E-state index in [4.69, 9.17) is 26.5 Å². The van der Waals surface area contributed by atoms with Crippen LogP contribution in [0.3, 0.4) is 0 Å². The molecule has 0 saturated carbocycles. The van der Waals surface area contributed by atoms with Crippen LogP contribution in [0.1, 0.15) is 34.4 Å². The molecule has 8 nitrogen and oxygen atoms in total. The Morgan fingerprint density at radius 2 is 2.12 bits per heavy atom. The number of carbonyl (C=O) groups excluding carboxylic acids is 2. The fraction of sp³-hybridized carbons (Fsp3) is 0.176. The Bertz CT molecular complexity index is 969. The number of hydrogen-bond acceptors (Lipinski definition) is 7. The maximum Gasteiger partial charge on any atom is 0.357 e. The molecule has 0 saturated heterocycles. The molecule has 3 rings (SSSR count). The summed E-state index contributed by atoms with van der Waals surface area (Å²) in [5, 5.41) is 3.23. The first kappa shape index (κ1) is 17.7. The number of halogens is 1. The van der Waals surface area contributed by atoms with Gasteiger partial charge in [0.25, 0.3) is 5.91 Å². The first-order valence-electron chi connectivity index (χ1n) is 7.78. The number of ether oxygens (including phenoxy) is 1. The zero-order valence-electron chi connectivity index (χ0n) is 13.8. The topological polar surface area (TPSA) is 120 Å². The Labute approximate surface area is 153 Å². The van der Waals surface area contributed by atoms with Gasteiger partial charge in [0.1, 0.15) is 11.4 Å². The van der Waals surface area contributed by atoms with Gasteiger partial charge in [-0.2, -0.15) is 0 Å². The van der Waals surface area contributed by atoms with Gasteiger partial charge in [0.15, 0.2) is 5.69 Å². The van der Waals surface area contributed by atoms with Crippen molar-refractivity contribution in [3.8, 4) is 0 Å². The molecule has 134 valence electrons. The summed E-state index contributed by atoms with van der Waals surface area (Å²) in [6, 6.07) is 4.63. The van der Waals surface area contributed by atoms with E-state index in [1.54, 1.807) is 6.07 Å². The lowest BCUT2D eigenvalue weighted by molar-refractivity contribution is 0.0500. The van der Waals surface area contributed by atoms with Crippen LogP contribution >= 0.6 is 11.6 Å². The van der Waals surface area contributed by atoms with Crippen LogP contribution in [0.5, 0.6) is 0 Å². The minimum Gasteiger partial charge on any atom is -0.461 e. The van der Waals surface area contributed by atoms with Crippen LogP contribution in [0.25, 0.3) is 11.0 Å². The van der Waals surface area contributed by atoms with E-state index in [0.717, 1.165) is 0 Å². The number of pyridine rings is 2. The molecule has 0 aliphatic heterocycles. The van der Waals surface area contributed by atoms with Crippen LogP contribution in [-0.2, 0) is 4.74 Å². The van der Waals surface area contributed by atoms with Gasteiger partial charge in [-0.25, -0.2) is 14.8 Å².